The van der Waals surface area contributed by atoms with E-state index in [2.05, 4.69) is 25.7 Å². The third-order valence-corrected chi connectivity index (χ3v) is 5.58. The minimum absolute atomic E-state index is 0.0412. The van der Waals surface area contributed by atoms with Gasteiger partial charge in [0.2, 0.25) is 0 Å². The van der Waals surface area contributed by atoms with Crippen LogP contribution in [-0.4, -0.2) is 55.1 Å². The number of unbranched alkanes of at least 4 members (excludes halogenated alkanes) is 10. The predicted molar refractivity (Wildman–Crippen MR) is 121 cm³/mol. The van der Waals surface area contributed by atoms with Crippen LogP contribution in [0.25, 0.3) is 0 Å². The number of hydrogen-bond acceptors (Lipinski definition) is 5. The van der Waals surface area contributed by atoms with Gasteiger partial charge >= 0.3 is 6.16 Å². The number of carbonyl (C=O) groups excluding carboxylic acids is 1. The maximum Gasteiger partial charge on any atom is 0.508 e. The average Bonchev–Trinajstić information content (AvgIpc) is 2.72. The van der Waals surface area contributed by atoms with Crippen LogP contribution in [0.1, 0.15) is 111 Å². The lowest BCUT2D eigenvalue weighted by atomic mass is 10.0. The molecule has 0 bridgehead atoms. The first-order valence-corrected chi connectivity index (χ1v) is 12.3. The highest BCUT2D eigenvalue weighted by Gasteiger charge is 2.15. The average molecular weight is 416 g/mol. The summed E-state index contributed by atoms with van der Waals surface area (Å²) in [7, 11) is 0. The van der Waals surface area contributed by atoms with E-state index in [-0.39, 0.29) is 12.7 Å². The van der Waals surface area contributed by atoms with Gasteiger partial charge in [-0.1, -0.05) is 78.6 Å². The molecule has 0 aromatic carbocycles. The molecule has 0 aliphatic heterocycles. The summed E-state index contributed by atoms with van der Waals surface area (Å²) in [5.74, 6) is 0. The smallest absolute Gasteiger partial charge is 0.434 e. The second kappa shape index (κ2) is 21.9. The Labute approximate surface area is 180 Å². The largest absolute Gasteiger partial charge is 0.508 e. The standard InChI is InChI=1S/C24H49NO4/c1-4-7-8-9-10-11-12-13-14-15-18-23(19-21-26)29-24(27)28-22-17-16-20-25(5-2)6-3/h23,26H,4-22H2,1-3H3/t23-/m0/s1. The van der Waals surface area contributed by atoms with Crippen LogP contribution >= 0.6 is 0 Å². The molecule has 0 rings (SSSR count). The number of ether oxygens (including phenoxy) is 2. The van der Waals surface area contributed by atoms with Crippen LogP contribution in [0.2, 0.25) is 0 Å². The van der Waals surface area contributed by atoms with Gasteiger partial charge in [-0.2, -0.15) is 0 Å². The number of aliphatic hydroxyl groups is 1. The normalized spacial score (nSPS) is 12.3. The lowest BCUT2D eigenvalue weighted by molar-refractivity contribution is 0.0109. The summed E-state index contributed by atoms with van der Waals surface area (Å²) >= 11 is 0. The fourth-order valence-corrected chi connectivity index (χ4v) is 3.57. The maximum absolute atomic E-state index is 11.9. The molecule has 5 nitrogen and oxygen atoms in total. The molecule has 0 saturated heterocycles. The predicted octanol–water partition coefficient (Wildman–Crippen LogP) is 6.32. The zero-order valence-electron chi connectivity index (χ0n) is 19.6. The van der Waals surface area contributed by atoms with Crippen molar-refractivity contribution < 1.29 is 19.4 Å². The van der Waals surface area contributed by atoms with Crippen molar-refractivity contribution in [3.63, 3.8) is 0 Å². The molecule has 29 heavy (non-hydrogen) atoms. The molecule has 0 aromatic rings. The van der Waals surface area contributed by atoms with Crippen molar-refractivity contribution in [3.8, 4) is 0 Å². The Hall–Kier alpha value is -0.810. The van der Waals surface area contributed by atoms with Gasteiger partial charge in [0.1, 0.15) is 6.10 Å². The topological polar surface area (TPSA) is 59.0 Å². The second-order valence-corrected chi connectivity index (χ2v) is 8.06. The summed E-state index contributed by atoms with van der Waals surface area (Å²) in [5, 5.41) is 9.22. The van der Waals surface area contributed by atoms with Gasteiger partial charge in [-0.25, -0.2) is 4.79 Å². The van der Waals surface area contributed by atoms with Crippen molar-refractivity contribution in [1.29, 1.82) is 0 Å². The molecule has 0 fully saturated rings. The van der Waals surface area contributed by atoms with Gasteiger partial charge in [0.05, 0.1) is 6.61 Å². The molecule has 0 aromatic heterocycles. The summed E-state index contributed by atoms with van der Waals surface area (Å²) in [6, 6.07) is 0. The van der Waals surface area contributed by atoms with Gasteiger partial charge in [-0.05, 0) is 45.3 Å². The van der Waals surface area contributed by atoms with Crippen molar-refractivity contribution >= 4 is 6.16 Å². The molecular formula is C24H49NO4. The molecule has 0 spiro atoms. The Morgan fingerprint density at radius 1 is 0.793 bits per heavy atom. The highest BCUT2D eigenvalue weighted by atomic mass is 16.7. The monoisotopic (exact) mass is 415 g/mol. The molecule has 0 aliphatic carbocycles. The summed E-state index contributed by atoms with van der Waals surface area (Å²) in [4.78, 5) is 14.2. The van der Waals surface area contributed by atoms with E-state index < -0.39 is 6.16 Å². The minimum Gasteiger partial charge on any atom is -0.434 e. The van der Waals surface area contributed by atoms with Crippen LogP contribution in [0.15, 0.2) is 0 Å². The number of rotatable bonds is 21. The van der Waals surface area contributed by atoms with E-state index in [1.165, 1.54) is 57.8 Å². The van der Waals surface area contributed by atoms with Crippen molar-refractivity contribution in [3.05, 3.63) is 0 Å². The molecular weight excluding hydrogens is 366 g/mol. The fraction of sp³-hybridized carbons (Fsp3) is 0.958. The van der Waals surface area contributed by atoms with E-state index in [1.54, 1.807) is 0 Å². The highest BCUT2D eigenvalue weighted by Crippen LogP contribution is 2.15. The van der Waals surface area contributed by atoms with Crippen LogP contribution in [0.4, 0.5) is 4.79 Å². The Bertz CT molecular complexity index is 348. The molecule has 1 N–H and O–H groups in total. The molecule has 0 aliphatic rings. The van der Waals surface area contributed by atoms with Gasteiger partial charge in [-0.3, -0.25) is 0 Å². The van der Waals surface area contributed by atoms with E-state index in [4.69, 9.17) is 9.47 Å². The molecule has 0 radical (unpaired) electrons. The molecule has 1 atom stereocenters. The van der Waals surface area contributed by atoms with Crippen LogP contribution < -0.4 is 0 Å². The van der Waals surface area contributed by atoms with Gasteiger partial charge in [0.25, 0.3) is 0 Å². The lowest BCUT2D eigenvalue weighted by Gasteiger charge is -2.18. The Balaban J connectivity index is 3.70. The molecule has 0 saturated carbocycles. The summed E-state index contributed by atoms with van der Waals surface area (Å²) in [5.41, 5.74) is 0. The molecule has 174 valence electrons. The SMILES string of the molecule is CCCCCCCCCCCC[C@@H](CCO)OC(=O)OCCCCN(CC)CC. The number of hydrogen-bond donors (Lipinski definition) is 1. The highest BCUT2D eigenvalue weighted by molar-refractivity contribution is 5.60. The molecule has 0 heterocycles. The molecule has 0 amide bonds. The van der Waals surface area contributed by atoms with E-state index in [0.29, 0.717) is 13.0 Å². The number of aliphatic hydroxyl groups excluding tert-OH is 1. The third kappa shape index (κ3) is 18.9. The lowest BCUT2D eigenvalue weighted by Crippen LogP contribution is -2.24. The molecule has 0 unspecified atom stereocenters. The van der Waals surface area contributed by atoms with Gasteiger partial charge < -0.3 is 19.5 Å². The third-order valence-electron chi connectivity index (χ3n) is 5.58. The van der Waals surface area contributed by atoms with Gasteiger partial charge in [-0.15, -0.1) is 0 Å². The zero-order chi connectivity index (χ0) is 21.6. The Morgan fingerprint density at radius 2 is 1.38 bits per heavy atom. The van der Waals surface area contributed by atoms with Crippen molar-refractivity contribution in [2.24, 2.45) is 0 Å². The molecule has 5 heteroatoms. The fourth-order valence-electron chi connectivity index (χ4n) is 3.57. The van der Waals surface area contributed by atoms with E-state index in [0.717, 1.165) is 45.3 Å². The number of nitrogens with zero attached hydrogens (tertiary/aromatic N) is 1. The van der Waals surface area contributed by atoms with Gasteiger partial charge in [0.15, 0.2) is 0 Å². The van der Waals surface area contributed by atoms with E-state index in [1.807, 2.05) is 0 Å². The first-order chi connectivity index (χ1) is 14.2. The summed E-state index contributed by atoms with van der Waals surface area (Å²) in [6.07, 6.45) is 15.2. The summed E-state index contributed by atoms with van der Waals surface area (Å²) in [6.45, 7) is 10.2. The van der Waals surface area contributed by atoms with Crippen LogP contribution in [0.3, 0.4) is 0 Å². The van der Waals surface area contributed by atoms with E-state index >= 15 is 0 Å². The van der Waals surface area contributed by atoms with Crippen molar-refractivity contribution in [2.45, 2.75) is 117 Å². The van der Waals surface area contributed by atoms with Crippen LogP contribution in [0, 0.1) is 0 Å². The van der Waals surface area contributed by atoms with Gasteiger partial charge in [0, 0.05) is 13.0 Å². The zero-order valence-corrected chi connectivity index (χ0v) is 19.6. The Morgan fingerprint density at radius 3 is 1.93 bits per heavy atom. The maximum atomic E-state index is 11.9. The van der Waals surface area contributed by atoms with Crippen molar-refractivity contribution in [2.75, 3.05) is 32.8 Å². The first kappa shape index (κ1) is 28.2. The summed E-state index contributed by atoms with van der Waals surface area (Å²) < 4.78 is 10.6. The van der Waals surface area contributed by atoms with Crippen molar-refractivity contribution in [1.82, 2.24) is 4.90 Å². The minimum atomic E-state index is -0.585. The second-order valence-electron chi connectivity index (χ2n) is 8.06. The quantitative estimate of drug-likeness (QED) is 0.175. The van der Waals surface area contributed by atoms with Crippen LogP contribution in [-0.2, 0) is 9.47 Å². The number of carbonyl (C=O) groups is 1. The van der Waals surface area contributed by atoms with Crippen LogP contribution in [0.5, 0.6) is 0 Å². The first-order valence-electron chi connectivity index (χ1n) is 12.3. The Kier molecular flexibility index (Phi) is 21.3. The van der Waals surface area contributed by atoms with E-state index in [9.17, 15) is 9.90 Å².